The second kappa shape index (κ2) is 5.79. The molecule has 1 aromatic rings. The number of amides is 1. The Kier molecular flexibility index (Phi) is 4.11. The lowest BCUT2D eigenvalue weighted by Gasteiger charge is -2.18. The van der Waals surface area contributed by atoms with Crippen molar-refractivity contribution in [2.45, 2.75) is 25.9 Å². The maximum Gasteiger partial charge on any atom is 0.251 e. The molecule has 0 saturated heterocycles. The van der Waals surface area contributed by atoms with Crippen LogP contribution in [0.15, 0.2) is 23.3 Å². The molecule has 2 unspecified atom stereocenters. The van der Waals surface area contributed by atoms with Crippen LogP contribution in [0.2, 0.25) is 0 Å². The summed E-state index contributed by atoms with van der Waals surface area (Å²) in [6.07, 6.45) is -1.69. The van der Waals surface area contributed by atoms with E-state index >= 15 is 0 Å². The fourth-order valence-corrected chi connectivity index (χ4v) is 1.91. The number of fused-ring (bicyclic) bond motifs is 1. The number of ether oxygens (including phenoxy) is 1. The van der Waals surface area contributed by atoms with Gasteiger partial charge in [0.2, 0.25) is 0 Å². The lowest BCUT2D eigenvalue weighted by molar-refractivity contribution is 0.00283. The van der Waals surface area contributed by atoms with Gasteiger partial charge in [0.15, 0.2) is 6.23 Å². The molecule has 1 heterocycles. The normalized spacial score (nSPS) is 16.4. The van der Waals surface area contributed by atoms with E-state index in [1.807, 2.05) is 12.1 Å². The van der Waals surface area contributed by atoms with Gasteiger partial charge in [-0.15, -0.1) is 0 Å². The zero-order chi connectivity index (χ0) is 13.8. The second-order valence-electron chi connectivity index (χ2n) is 4.38. The molecular formula is C13H16FN3O2. The largest absolute Gasteiger partial charge is 0.350 e. The number of benzene rings is 1. The first kappa shape index (κ1) is 13.5. The molecule has 0 bridgehead atoms. The highest BCUT2D eigenvalue weighted by Crippen LogP contribution is 2.22. The van der Waals surface area contributed by atoms with Crippen LogP contribution >= 0.6 is 0 Å². The second-order valence-corrected chi connectivity index (χ2v) is 4.38. The number of rotatable bonds is 6. The van der Waals surface area contributed by atoms with Crippen LogP contribution in [0, 0.1) is 0 Å². The van der Waals surface area contributed by atoms with E-state index in [9.17, 15) is 9.18 Å². The topological polar surface area (TPSA) is 62.7 Å². The van der Waals surface area contributed by atoms with Crippen molar-refractivity contribution in [3.8, 4) is 0 Å². The maximum atomic E-state index is 12.8. The predicted molar refractivity (Wildman–Crippen MR) is 69.6 cm³/mol. The van der Waals surface area contributed by atoms with Crippen LogP contribution < -0.4 is 10.7 Å². The monoisotopic (exact) mass is 265 g/mol. The standard InChI is InChI=1S/C13H16FN3O2/c1-8(14)7-19-13(17-15-2)9-3-4-10-6-16-12(18)11(10)5-9/h3-5,8,13,17H,2,6-7H2,1H3,(H,16,18). The lowest BCUT2D eigenvalue weighted by atomic mass is 10.1. The van der Waals surface area contributed by atoms with Crippen molar-refractivity contribution in [2.75, 3.05) is 6.61 Å². The minimum absolute atomic E-state index is 0.0591. The van der Waals surface area contributed by atoms with Gasteiger partial charge in [0.25, 0.3) is 5.91 Å². The van der Waals surface area contributed by atoms with Crippen LogP contribution in [-0.4, -0.2) is 25.4 Å². The first-order chi connectivity index (χ1) is 9.11. The molecular weight excluding hydrogens is 249 g/mol. The third-order valence-corrected chi connectivity index (χ3v) is 2.82. The molecule has 0 saturated carbocycles. The number of carbonyl (C=O) groups is 1. The van der Waals surface area contributed by atoms with E-state index < -0.39 is 12.4 Å². The molecule has 1 aliphatic rings. The Labute approximate surface area is 110 Å². The van der Waals surface area contributed by atoms with Crippen LogP contribution in [0.3, 0.4) is 0 Å². The van der Waals surface area contributed by atoms with Gasteiger partial charge in [-0.25, -0.2) is 4.39 Å². The Hall–Kier alpha value is -1.95. The van der Waals surface area contributed by atoms with Gasteiger partial charge in [0.05, 0.1) is 6.61 Å². The number of halogens is 1. The Balaban J connectivity index is 2.19. The summed E-state index contributed by atoms with van der Waals surface area (Å²) in [5, 5.41) is 6.29. The molecule has 0 fully saturated rings. The van der Waals surface area contributed by atoms with Gasteiger partial charge in [-0.05, 0) is 18.6 Å². The Morgan fingerprint density at radius 2 is 2.42 bits per heavy atom. The molecule has 0 spiro atoms. The molecule has 2 atom stereocenters. The van der Waals surface area contributed by atoms with Gasteiger partial charge >= 0.3 is 0 Å². The molecule has 1 aromatic carbocycles. The van der Waals surface area contributed by atoms with Gasteiger partial charge in [0.1, 0.15) is 6.17 Å². The van der Waals surface area contributed by atoms with Crippen LogP contribution in [0.25, 0.3) is 0 Å². The number of hydrogen-bond donors (Lipinski definition) is 2. The number of alkyl halides is 1. The average molecular weight is 265 g/mol. The van der Waals surface area contributed by atoms with Crippen molar-refractivity contribution in [1.82, 2.24) is 10.7 Å². The van der Waals surface area contributed by atoms with Crippen molar-refractivity contribution in [3.05, 3.63) is 34.9 Å². The third-order valence-electron chi connectivity index (χ3n) is 2.82. The lowest BCUT2D eigenvalue weighted by Crippen LogP contribution is -2.22. The fraction of sp³-hybridized carbons (Fsp3) is 0.385. The Morgan fingerprint density at radius 3 is 3.11 bits per heavy atom. The summed E-state index contributed by atoms with van der Waals surface area (Å²) in [6.45, 7) is 5.21. The zero-order valence-electron chi connectivity index (χ0n) is 10.6. The third kappa shape index (κ3) is 3.08. The first-order valence-electron chi connectivity index (χ1n) is 5.99. The minimum Gasteiger partial charge on any atom is -0.350 e. The van der Waals surface area contributed by atoms with E-state index in [2.05, 4.69) is 22.6 Å². The number of hydrazone groups is 1. The van der Waals surface area contributed by atoms with E-state index in [1.54, 1.807) is 6.07 Å². The summed E-state index contributed by atoms with van der Waals surface area (Å²) in [7, 11) is 0. The van der Waals surface area contributed by atoms with Crippen LogP contribution in [0.5, 0.6) is 0 Å². The highest BCUT2D eigenvalue weighted by Gasteiger charge is 2.21. The number of nitrogens with zero attached hydrogens (tertiary/aromatic N) is 1. The van der Waals surface area contributed by atoms with Crippen molar-refractivity contribution in [3.63, 3.8) is 0 Å². The molecule has 1 aliphatic heterocycles. The highest BCUT2D eigenvalue weighted by molar-refractivity contribution is 5.98. The molecule has 6 heteroatoms. The van der Waals surface area contributed by atoms with Crippen molar-refractivity contribution < 1.29 is 13.9 Å². The molecule has 2 rings (SSSR count). The number of nitrogens with one attached hydrogen (secondary N) is 2. The Morgan fingerprint density at radius 1 is 1.63 bits per heavy atom. The quantitative estimate of drug-likeness (QED) is 0.465. The summed E-state index contributed by atoms with van der Waals surface area (Å²) in [6, 6.07) is 5.40. The molecule has 19 heavy (non-hydrogen) atoms. The maximum absolute atomic E-state index is 12.8. The summed E-state index contributed by atoms with van der Waals surface area (Å²) in [5.74, 6) is -0.110. The number of hydrogen-bond acceptors (Lipinski definition) is 4. The fourth-order valence-electron chi connectivity index (χ4n) is 1.91. The van der Waals surface area contributed by atoms with Crippen molar-refractivity contribution in [2.24, 2.45) is 5.10 Å². The van der Waals surface area contributed by atoms with Gasteiger partial charge in [-0.2, -0.15) is 5.10 Å². The molecule has 2 N–H and O–H groups in total. The van der Waals surface area contributed by atoms with Gasteiger partial charge in [0, 0.05) is 24.4 Å². The molecule has 102 valence electrons. The molecule has 5 nitrogen and oxygen atoms in total. The Bertz CT molecular complexity index is 491. The molecule has 0 aliphatic carbocycles. The van der Waals surface area contributed by atoms with Gasteiger partial charge in [-0.1, -0.05) is 12.1 Å². The van der Waals surface area contributed by atoms with E-state index in [4.69, 9.17) is 4.74 Å². The first-order valence-corrected chi connectivity index (χ1v) is 5.99. The predicted octanol–water partition coefficient (Wildman–Crippen LogP) is 1.51. The molecule has 0 radical (unpaired) electrons. The average Bonchev–Trinajstić information content (AvgIpc) is 2.76. The summed E-state index contributed by atoms with van der Waals surface area (Å²) >= 11 is 0. The van der Waals surface area contributed by atoms with E-state index in [0.717, 1.165) is 5.56 Å². The van der Waals surface area contributed by atoms with Crippen LogP contribution in [0.4, 0.5) is 4.39 Å². The SMILES string of the molecule is C=NNC(OCC(C)F)c1ccc2c(c1)C(=O)NC2. The van der Waals surface area contributed by atoms with Crippen LogP contribution in [-0.2, 0) is 11.3 Å². The summed E-state index contributed by atoms with van der Waals surface area (Å²) < 4.78 is 18.2. The smallest absolute Gasteiger partial charge is 0.251 e. The molecule has 0 aromatic heterocycles. The van der Waals surface area contributed by atoms with Crippen molar-refractivity contribution >= 4 is 12.6 Å². The van der Waals surface area contributed by atoms with Crippen molar-refractivity contribution in [1.29, 1.82) is 0 Å². The highest BCUT2D eigenvalue weighted by atomic mass is 19.1. The van der Waals surface area contributed by atoms with Gasteiger partial charge < -0.3 is 10.1 Å². The van der Waals surface area contributed by atoms with E-state index in [0.29, 0.717) is 17.7 Å². The zero-order valence-corrected chi connectivity index (χ0v) is 10.6. The summed E-state index contributed by atoms with van der Waals surface area (Å²) in [4.78, 5) is 11.6. The number of carbonyl (C=O) groups excluding carboxylic acids is 1. The van der Waals surface area contributed by atoms with Gasteiger partial charge in [-0.3, -0.25) is 10.2 Å². The minimum atomic E-state index is -1.08. The molecule has 1 amide bonds. The van der Waals surface area contributed by atoms with E-state index in [-0.39, 0.29) is 12.5 Å². The summed E-state index contributed by atoms with van der Waals surface area (Å²) in [5.41, 5.74) is 4.92. The van der Waals surface area contributed by atoms with E-state index in [1.165, 1.54) is 6.92 Å². The van der Waals surface area contributed by atoms with Crippen LogP contribution in [0.1, 0.15) is 34.6 Å².